The van der Waals surface area contributed by atoms with E-state index in [1.165, 1.54) is 39.4 Å². The second-order valence-electron chi connectivity index (χ2n) is 6.21. The van der Waals surface area contributed by atoms with Gasteiger partial charge >= 0.3 is 0 Å². The van der Waals surface area contributed by atoms with Crippen LogP contribution >= 0.6 is 28.9 Å². The lowest BCUT2D eigenvalue weighted by Crippen LogP contribution is -2.26. The average molecular weight is 461 g/mol. The molecule has 3 rings (SSSR count). The number of allylic oxidation sites excluding steroid dienone is 2. The van der Waals surface area contributed by atoms with Gasteiger partial charge in [0.15, 0.2) is 0 Å². The molecule has 1 aliphatic heterocycles. The topological polar surface area (TPSA) is 3.24 Å². The number of hydrogen-bond acceptors (Lipinski definition) is 1. The van der Waals surface area contributed by atoms with Crippen molar-refractivity contribution in [1.82, 2.24) is 4.90 Å². The molecule has 1 nitrogen and oxygen atoms in total. The molecule has 0 bridgehead atoms. The molecular weight excluding hydrogens is 437 g/mol. The van der Waals surface area contributed by atoms with Crippen molar-refractivity contribution < 1.29 is 0 Å². The molecule has 0 saturated carbocycles. The SMILES string of the molecule is CCCCN(C)C1=S(I)C(c2ccccc2)=CC(c2ccccc2)=C1. The van der Waals surface area contributed by atoms with Crippen LogP contribution in [0.3, 0.4) is 0 Å². The van der Waals surface area contributed by atoms with Crippen LogP contribution < -0.4 is 0 Å². The summed E-state index contributed by atoms with van der Waals surface area (Å²) >= 11 is 2.62. The molecule has 0 saturated heterocycles. The van der Waals surface area contributed by atoms with Crippen molar-refractivity contribution in [3.63, 3.8) is 0 Å². The quantitative estimate of drug-likeness (QED) is 0.358. The minimum Gasteiger partial charge on any atom is -0.272 e. The Bertz CT molecular complexity index is 806. The van der Waals surface area contributed by atoms with Gasteiger partial charge < -0.3 is 0 Å². The van der Waals surface area contributed by atoms with Gasteiger partial charge in [0.25, 0.3) is 0 Å². The highest BCUT2D eigenvalue weighted by Gasteiger charge is 2.18. The van der Waals surface area contributed by atoms with E-state index >= 15 is 0 Å². The third-order valence-corrected chi connectivity index (χ3v) is 8.64. The summed E-state index contributed by atoms with van der Waals surface area (Å²) in [4.78, 5) is 5.29. The zero-order valence-corrected chi connectivity index (χ0v) is 17.8. The Labute approximate surface area is 166 Å². The molecule has 130 valence electrons. The van der Waals surface area contributed by atoms with Crippen LogP contribution in [-0.2, 0) is 0 Å². The summed E-state index contributed by atoms with van der Waals surface area (Å²) in [5, 5.41) is 0. The molecule has 0 aromatic heterocycles. The summed E-state index contributed by atoms with van der Waals surface area (Å²) in [6.07, 6.45) is 7.21. The minimum absolute atomic E-state index is 0.0525. The molecule has 1 heterocycles. The lowest BCUT2D eigenvalue weighted by atomic mass is 10.0. The molecule has 3 heteroatoms. The van der Waals surface area contributed by atoms with Crippen LogP contribution in [0.5, 0.6) is 0 Å². The van der Waals surface area contributed by atoms with Gasteiger partial charge in [0.1, 0.15) is 0 Å². The number of rotatable bonds is 5. The van der Waals surface area contributed by atoms with E-state index in [2.05, 4.69) is 113 Å². The lowest BCUT2D eigenvalue weighted by Gasteiger charge is -2.25. The first-order valence-corrected chi connectivity index (χ1v) is 12.5. The van der Waals surface area contributed by atoms with Gasteiger partial charge in [0, 0.05) is 11.4 Å². The van der Waals surface area contributed by atoms with Crippen LogP contribution in [0.15, 0.2) is 72.8 Å². The number of nitrogens with zero attached hydrogens (tertiary/aromatic N) is 1. The summed E-state index contributed by atoms with van der Waals surface area (Å²) in [6.45, 7) is 3.36. The van der Waals surface area contributed by atoms with Crippen molar-refractivity contribution in [1.29, 1.82) is 0 Å². The van der Waals surface area contributed by atoms with Crippen molar-refractivity contribution in [2.75, 3.05) is 13.6 Å². The van der Waals surface area contributed by atoms with Gasteiger partial charge in [-0.25, -0.2) is 0 Å². The van der Waals surface area contributed by atoms with Crippen molar-refractivity contribution >= 4 is 44.3 Å². The highest BCUT2D eigenvalue weighted by Crippen LogP contribution is 2.47. The molecule has 1 aliphatic rings. The third kappa shape index (κ3) is 4.52. The summed E-state index contributed by atoms with van der Waals surface area (Å²) in [7, 11) is 2.29. The fraction of sp³-hybridized carbons (Fsp3) is 0.227. The van der Waals surface area contributed by atoms with Gasteiger partial charge in [-0.2, -0.15) is 0 Å². The monoisotopic (exact) mass is 461 g/mol. The Balaban J connectivity index is 2.08. The van der Waals surface area contributed by atoms with Crippen molar-refractivity contribution in [2.24, 2.45) is 0 Å². The van der Waals surface area contributed by atoms with Crippen molar-refractivity contribution in [3.8, 4) is 0 Å². The van der Waals surface area contributed by atoms with Crippen LogP contribution in [0.25, 0.3) is 10.5 Å². The molecule has 0 radical (unpaired) electrons. The molecule has 2 aromatic carbocycles. The molecule has 0 N–H and O–H groups in total. The highest BCUT2D eigenvalue weighted by molar-refractivity contribution is 14.2. The maximum Gasteiger partial charge on any atom is 0.0560 e. The van der Waals surface area contributed by atoms with E-state index in [4.69, 9.17) is 0 Å². The third-order valence-electron chi connectivity index (χ3n) is 4.33. The molecular formula is C22H24INS. The van der Waals surface area contributed by atoms with E-state index in [1.54, 1.807) is 0 Å². The zero-order chi connectivity index (χ0) is 17.6. The Morgan fingerprint density at radius 3 is 2.08 bits per heavy atom. The highest BCUT2D eigenvalue weighted by atomic mass is 127. The largest absolute Gasteiger partial charge is 0.272 e. The lowest BCUT2D eigenvalue weighted by molar-refractivity contribution is 0.494. The smallest absolute Gasteiger partial charge is 0.0560 e. The van der Waals surface area contributed by atoms with E-state index in [-0.39, 0.29) is 7.66 Å². The predicted molar refractivity (Wildman–Crippen MR) is 123 cm³/mol. The predicted octanol–water partition coefficient (Wildman–Crippen LogP) is 6.61. The summed E-state index contributed by atoms with van der Waals surface area (Å²) in [5.41, 5.74) is 3.91. The van der Waals surface area contributed by atoms with E-state index in [1.807, 2.05) is 0 Å². The van der Waals surface area contributed by atoms with E-state index in [0.29, 0.717) is 0 Å². The van der Waals surface area contributed by atoms with E-state index in [9.17, 15) is 0 Å². The molecule has 25 heavy (non-hydrogen) atoms. The Hall–Kier alpha value is -1.17. The molecule has 2 aromatic rings. The van der Waals surface area contributed by atoms with Gasteiger partial charge in [0.05, 0.1) is 4.99 Å². The number of halogens is 1. The Kier molecular flexibility index (Phi) is 6.68. The van der Waals surface area contributed by atoms with Crippen LogP contribution in [0, 0.1) is 0 Å². The van der Waals surface area contributed by atoms with Gasteiger partial charge in [-0.1, -0.05) is 81.7 Å². The maximum absolute atomic E-state index is 2.62. The summed E-state index contributed by atoms with van der Waals surface area (Å²) in [6, 6.07) is 21.5. The fourth-order valence-electron chi connectivity index (χ4n) is 2.87. The first-order chi connectivity index (χ1) is 12.2. The molecule has 0 aliphatic carbocycles. The van der Waals surface area contributed by atoms with Crippen LogP contribution in [-0.4, -0.2) is 23.5 Å². The molecule has 1 atom stereocenters. The maximum atomic E-state index is 2.62. The first kappa shape index (κ1) is 18.6. The van der Waals surface area contributed by atoms with Crippen LogP contribution in [0.1, 0.15) is 30.9 Å². The van der Waals surface area contributed by atoms with E-state index < -0.39 is 0 Å². The minimum atomic E-state index is 0.0525. The Morgan fingerprint density at radius 1 is 0.880 bits per heavy atom. The first-order valence-electron chi connectivity index (χ1n) is 8.73. The zero-order valence-electron chi connectivity index (χ0n) is 14.8. The molecule has 0 spiro atoms. The van der Waals surface area contributed by atoms with Crippen LogP contribution in [0.2, 0.25) is 0 Å². The van der Waals surface area contributed by atoms with Gasteiger partial charge in [0.2, 0.25) is 0 Å². The van der Waals surface area contributed by atoms with Crippen molar-refractivity contribution in [3.05, 3.63) is 83.9 Å². The number of likely N-dealkylation sites (N-methyl/N-ethyl adjacent to an activating group) is 1. The summed E-state index contributed by atoms with van der Waals surface area (Å²) in [5.74, 6) is 0. The van der Waals surface area contributed by atoms with Crippen molar-refractivity contribution in [2.45, 2.75) is 19.8 Å². The molecule has 0 fully saturated rings. The van der Waals surface area contributed by atoms with E-state index in [0.717, 1.165) is 6.54 Å². The molecule has 1 unspecified atom stereocenters. The second-order valence-corrected chi connectivity index (χ2v) is 10.2. The molecule has 0 amide bonds. The number of hydrogen-bond donors (Lipinski definition) is 0. The normalized spacial score (nSPS) is 17.4. The second kappa shape index (κ2) is 8.97. The number of benzene rings is 2. The van der Waals surface area contributed by atoms with Gasteiger partial charge in [-0.05, 0) is 63.5 Å². The fourth-order valence-corrected chi connectivity index (χ4v) is 6.80. The number of unbranched alkanes of at least 4 members (excludes halogenated alkanes) is 1. The average Bonchev–Trinajstić information content (AvgIpc) is 2.67. The standard InChI is InChI=1S/C22H24INS/c1-3-4-15-24(2)22-17-20(18-11-7-5-8-12-18)16-21(25(22)23)19-13-9-6-10-14-19/h5-14,16-17H,3-4,15H2,1-2H3. The van der Waals surface area contributed by atoms with Crippen LogP contribution in [0.4, 0.5) is 0 Å². The van der Waals surface area contributed by atoms with Gasteiger partial charge in [-0.3, -0.25) is 4.90 Å². The van der Waals surface area contributed by atoms with Gasteiger partial charge in [-0.15, -0.1) is 0 Å². The Morgan fingerprint density at radius 2 is 1.48 bits per heavy atom. The summed E-state index contributed by atoms with van der Waals surface area (Å²) < 4.78 is 0.